The maximum Gasteiger partial charge on any atom is 0.238 e. The zero-order chi connectivity index (χ0) is 15.2. The summed E-state index contributed by atoms with van der Waals surface area (Å²) in [6.07, 6.45) is 3.61. The van der Waals surface area contributed by atoms with E-state index in [0.717, 1.165) is 24.2 Å². The summed E-state index contributed by atoms with van der Waals surface area (Å²) in [7, 11) is 0. The van der Waals surface area contributed by atoms with Gasteiger partial charge >= 0.3 is 0 Å². The molecule has 116 valence electrons. The largest absolute Gasteiger partial charge is 0.326 e. The molecule has 0 spiro atoms. The molecule has 1 aliphatic carbocycles. The van der Waals surface area contributed by atoms with Crippen LogP contribution in [0.15, 0.2) is 24.3 Å². The van der Waals surface area contributed by atoms with Gasteiger partial charge in [-0.1, -0.05) is 26.0 Å². The molecule has 4 heteroatoms. The lowest BCUT2D eigenvalue weighted by molar-refractivity contribution is -0.117. The van der Waals surface area contributed by atoms with Crippen molar-refractivity contribution in [2.24, 2.45) is 11.7 Å². The number of amides is 1. The van der Waals surface area contributed by atoms with Gasteiger partial charge in [0.1, 0.15) is 0 Å². The van der Waals surface area contributed by atoms with E-state index in [2.05, 4.69) is 24.1 Å². The molecule has 1 saturated carbocycles. The monoisotopic (exact) mass is 289 g/mol. The van der Waals surface area contributed by atoms with Gasteiger partial charge in [0, 0.05) is 18.3 Å². The van der Waals surface area contributed by atoms with Crippen molar-refractivity contribution in [3.63, 3.8) is 0 Å². The molecular formula is C17H27N3O. The minimum absolute atomic E-state index is 0.0693. The number of nitrogens with one attached hydrogen (secondary N) is 1. The summed E-state index contributed by atoms with van der Waals surface area (Å²) in [6.45, 7) is 6.45. The standard InChI is InChI=1S/C17H27N3O/c1-13(2)8-9-20(16-6-7-16)12-17(21)19-15-5-3-4-14(10-15)11-18/h3-5,10,13,16H,6-9,11-12,18H2,1-2H3,(H,19,21). The fourth-order valence-corrected chi connectivity index (χ4v) is 2.42. The Morgan fingerprint density at radius 3 is 2.81 bits per heavy atom. The van der Waals surface area contributed by atoms with Gasteiger partial charge in [0.2, 0.25) is 5.91 Å². The third kappa shape index (κ3) is 5.48. The summed E-state index contributed by atoms with van der Waals surface area (Å²) in [5.74, 6) is 0.746. The van der Waals surface area contributed by atoms with Crippen LogP contribution in [-0.2, 0) is 11.3 Å². The lowest BCUT2D eigenvalue weighted by Gasteiger charge is -2.22. The molecule has 1 aliphatic rings. The zero-order valence-corrected chi connectivity index (χ0v) is 13.1. The lowest BCUT2D eigenvalue weighted by Crippen LogP contribution is -2.36. The molecule has 1 aromatic carbocycles. The lowest BCUT2D eigenvalue weighted by atomic mass is 10.1. The molecule has 0 aromatic heterocycles. The first-order valence-corrected chi connectivity index (χ1v) is 7.91. The number of hydrogen-bond donors (Lipinski definition) is 2. The topological polar surface area (TPSA) is 58.4 Å². The molecule has 0 atom stereocenters. The second kappa shape index (κ2) is 7.57. The molecule has 0 aliphatic heterocycles. The molecule has 0 bridgehead atoms. The molecule has 3 N–H and O–H groups in total. The summed E-state index contributed by atoms with van der Waals surface area (Å²) >= 11 is 0. The van der Waals surface area contributed by atoms with Crippen LogP contribution in [0.25, 0.3) is 0 Å². The highest BCUT2D eigenvalue weighted by molar-refractivity contribution is 5.92. The number of hydrogen-bond acceptors (Lipinski definition) is 3. The van der Waals surface area contributed by atoms with Crippen molar-refractivity contribution in [2.75, 3.05) is 18.4 Å². The van der Waals surface area contributed by atoms with E-state index in [1.54, 1.807) is 0 Å². The van der Waals surface area contributed by atoms with Gasteiger partial charge in [-0.25, -0.2) is 0 Å². The smallest absolute Gasteiger partial charge is 0.238 e. The minimum Gasteiger partial charge on any atom is -0.326 e. The first-order valence-electron chi connectivity index (χ1n) is 7.91. The highest BCUT2D eigenvalue weighted by atomic mass is 16.2. The van der Waals surface area contributed by atoms with E-state index in [4.69, 9.17) is 5.73 Å². The molecule has 0 radical (unpaired) electrons. The van der Waals surface area contributed by atoms with Crippen LogP contribution in [0.2, 0.25) is 0 Å². The molecular weight excluding hydrogens is 262 g/mol. The average Bonchev–Trinajstić information content (AvgIpc) is 3.28. The Kier molecular flexibility index (Phi) is 5.76. The molecule has 4 nitrogen and oxygen atoms in total. The van der Waals surface area contributed by atoms with Crippen molar-refractivity contribution >= 4 is 11.6 Å². The minimum atomic E-state index is 0.0693. The van der Waals surface area contributed by atoms with Crippen LogP contribution in [0.3, 0.4) is 0 Å². The van der Waals surface area contributed by atoms with E-state index in [1.807, 2.05) is 24.3 Å². The third-order valence-electron chi connectivity index (χ3n) is 3.85. The quantitative estimate of drug-likeness (QED) is 0.773. The number of rotatable bonds is 8. The Bertz CT molecular complexity index is 469. The predicted octanol–water partition coefficient (Wildman–Crippen LogP) is 2.59. The van der Waals surface area contributed by atoms with E-state index < -0.39 is 0 Å². The second-order valence-corrected chi connectivity index (χ2v) is 6.34. The number of anilines is 1. The molecule has 21 heavy (non-hydrogen) atoms. The molecule has 0 unspecified atom stereocenters. The van der Waals surface area contributed by atoms with E-state index in [0.29, 0.717) is 25.0 Å². The second-order valence-electron chi connectivity index (χ2n) is 6.34. The molecule has 1 fully saturated rings. The van der Waals surface area contributed by atoms with Crippen LogP contribution in [0, 0.1) is 5.92 Å². The maximum atomic E-state index is 12.2. The van der Waals surface area contributed by atoms with E-state index in [1.165, 1.54) is 12.8 Å². The van der Waals surface area contributed by atoms with Gasteiger partial charge in [0.15, 0.2) is 0 Å². The first kappa shape index (κ1) is 16.0. The van der Waals surface area contributed by atoms with Crippen molar-refractivity contribution in [2.45, 2.75) is 45.7 Å². The summed E-state index contributed by atoms with van der Waals surface area (Å²) in [6, 6.07) is 8.36. The molecule has 2 rings (SSSR count). The molecule has 0 saturated heterocycles. The van der Waals surface area contributed by atoms with Crippen LogP contribution in [0.4, 0.5) is 5.69 Å². The van der Waals surface area contributed by atoms with Gasteiger partial charge in [-0.05, 0) is 49.4 Å². The predicted molar refractivity (Wildman–Crippen MR) is 87.0 cm³/mol. The Morgan fingerprint density at radius 1 is 1.43 bits per heavy atom. The van der Waals surface area contributed by atoms with Crippen LogP contribution < -0.4 is 11.1 Å². The number of nitrogens with zero attached hydrogens (tertiary/aromatic N) is 1. The molecule has 1 amide bonds. The number of carbonyl (C=O) groups excluding carboxylic acids is 1. The van der Waals surface area contributed by atoms with Crippen LogP contribution in [0.5, 0.6) is 0 Å². The van der Waals surface area contributed by atoms with Crippen molar-refractivity contribution < 1.29 is 4.79 Å². The number of nitrogens with two attached hydrogens (primary N) is 1. The first-order chi connectivity index (χ1) is 10.1. The van der Waals surface area contributed by atoms with E-state index >= 15 is 0 Å². The Hall–Kier alpha value is -1.39. The third-order valence-corrected chi connectivity index (χ3v) is 3.85. The van der Waals surface area contributed by atoms with Crippen LogP contribution in [0.1, 0.15) is 38.7 Å². The fourth-order valence-electron chi connectivity index (χ4n) is 2.42. The molecule has 0 heterocycles. The number of carbonyl (C=O) groups is 1. The van der Waals surface area contributed by atoms with Crippen molar-refractivity contribution in [3.8, 4) is 0 Å². The molecule has 1 aromatic rings. The summed E-state index contributed by atoms with van der Waals surface area (Å²) in [5.41, 5.74) is 7.49. The SMILES string of the molecule is CC(C)CCN(CC(=O)Nc1cccc(CN)c1)C1CC1. The average molecular weight is 289 g/mol. The maximum absolute atomic E-state index is 12.2. The normalized spacial score (nSPS) is 14.7. The van der Waals surface area contributed by atoms with Crippen LogP contribution >= 0.6 is 0 Å². The number of benzene rings is 1. The van der Waals surface area contributed by atoms with Gasteiger partial charge in [-0.15, -0.1) is 0 Å². The van der Waals surface area contributed by atoms with Crippen molar-refractivity contribution in [1.29, 1.82) is 0 Å². The summed E-state index contributed by atoms with van der Waals surface area (Å²) < 4.78 is 0. The van der Waals surface area contributed by atoms with Gasteiger partial charge < -0.3 is 11.1 Å². The Balaban J connectivity index is 1.86. The van der Waals surface area contributed by atoms with Gasteiger partial charge in [-0.2, -0.15) is 0 Å². The van der Waals surface area contributed by atoms with Crippen molar-refractivity contribution in [1.82, 2.24) is 4.90 Å². The summed E-state index contributed by atoms with van der Waals surface area (Å²) in [5, 5.41) is 2.98. The zero-order valence-electron chi connectivity index (χ0n) is 13.1. The Labute approximate surface area is 127 Å². The van der Waals surface area contributed by atoms with Gasteiger partial charge in [0.25, 0.3) is 0 Å². The van der Waals surface area contributed by atoms with Gasteiger partial charge in [-0.3, -0.25) is 9.69 Å². The van der Waals surface area contributed by atoms with Crippen molar-refractivity contribution in [3.05, 3.63) is 29.8 Å². The highest BCUT2D eigenvalue weighted by Crippen LogP contribution is 2.27. The fraction of sp³-hybridized carbons (Fsp3) is 0.588. The van der Waals surface area contributed by atoms with E-state index in [9.17, 15) is 4.79 Å². The highest BCUT2D eigenvalue weighted by Gasteiger charge is 2.29. The van der Waals surface area contributed by atoms with Crippen LogP contribution in [-0.4, -0.2) is 29.9 Å². The van der Waals surface area contributed by atoms with Gasteiger partial charge in [0.05, 0.1) is 6.54 Å². The Morgan fingerprint density at radius 2 is 2.19 bits per heavy atom. The van der Waals surface area contributed by atoms with E-state index in [-0.39, 0.29) is 5.91 Å². The summed E-state index contributed by atoms with van der Waals surface area (Å²) in [4.78, 5) is 14.5.